The number of methoxy groups -OCH3 is 1. The van der Waals surface area contributed by atoms with Crippen LogP contribution in [0.5, 0.6) is 11.5 Å². The number of aromatic nitrogens is 2. The molecule has 28 heavy (non-hydrogen) atoms. The molecule has 0 spiro atoms. The van der Waals surface area contributed by atoms with Gasteiger partial charge >= 0.3 is 11.8 Å². The van der Waals surface area contributed by atoms with Crippen LogP contribution in [-0.2, 0) is 18.0 Å². The van der Waals surface area contributed by atoms with E-state index in [2.05, 4.69) is 4.98 Å². The van der Waals surface area contributed by atoms with Crippen molar-refractivity contribution >= 4 is 17.6 Å². The van der Waals surface area contributed by atoms with E-state index in [-0.39, 0.29) is 24.6 Å². The third-order valence-electron chi connectivity index (χ3n) is 3.86. The summed E-state index contributed by atoms with van der Waals surface area (Å²) in [4.78, 5) is 16.1. The summed E-state index contributed by atoms with van der Waals surface area (Å²) in [6.45, 7) is 0.0131. The van der Waals surface area contributed by atoms with Gasteiger partial charge in [0.2, 0.25) is 0 Å². The molecule has 0 saturated carbocycles. The van der Waals surface area contributed by atoms with E-state index >= 15 is 0 Å². The summed E-state index contributed by atoms with van der Waals surface area (Å²) in [5.74, 6) is 0.309. The van der Waals surface area contributed by atoms with Crippen LogP contribution in [0.2, 0.25) is 5.02 Å². The monoisotopic (exact) mass is 400 g/mol. The number of hydrogen-bond donors (Lipinski definition) is 0. The molecule has 0 fully saturated rings. The van der Waals surface area contributed by atoms with Gasteiger partial charge in [0.25, 0.3) is 0 Å². The SMILES string of the molecule is COc1cc(C(=O)OCc2nccc[n+]2[O-])ccc1OCc1ccccc1Cl. The summed E-state index contributed by atoms with van der Waals surface area (Å²) < 4.78 is 16.7. The Labute approximate surface area is 166 Å². The average Bonchev–Trinajstić information content (AvgIpc) is 2.72. The van der Waals surface area contributed by atoms with Crippen LogP contribution >= 0.6 is 11.6 Å². The van der Waals surface area contributed by atoms with Gasteiger partial charge in [-0.05, 0) is 29.2 Å². The number of carbonyl (C=O) groups is 1. The smallest absolute Gasteiger partial charge is 0.339 e. The van der Waals surface area contributed by atoms with E-state index in [1.165, 1.54) is 31.6 Å². The number of esters is 1. The zero-order valence-corrected chi connectivity index (χ0v) is 15.8. The molecular weight excluding hydrogens is 384 g/mol. The molecule has 2 aromatic carbocycles. The standard InChI is InChI=1S/C20H17ClN2O5/c1-26-18-11-14(20(24)28-13-19-22-9-4-10-23(19)25)7-8-17(18)27-12-15-5-2-3-6-16(15)21/h2-11H,12-13H2,1H3. The molecule has 8 heteroatoms. The van der Waals surface area contributed by atoms with Crippen LogP contribution in [0.4, 0.5) is 0 Å². The Morgan fingerprint density at radius 3 is 2.71 bits per heavy atom. The van der Waals surface area contributed by atoms with Gasteiger partial charge in [-0.15, -0.1) is 0 Å². The molecule has 144 valence electrons. The van der Waals surface area contributed by atoms with Crippen LogP contribution in [0.3, 0.4) is 0 Å². The molecule has 3 rings (SSSR count). The molecule has 7 nitrogen and oxygen atoms in total. The molecule has 0 aliphatic carbocycles. The third-order valence-corrected chi connectivity index (χ3v) is 4.23. The number of rotatable bonds is 7. The highest BCUT2D eigenvalue weighted by Gasteiger charge is 2.15. The van der Waals surface area contributed by atoms with Crippen LogP contribution in [-0.4, -0.2) is 18.1 Å². The Bertz CT molecular complexity index is 980. The summed E-state index contributed by atoms with van der Waals surface area (Å²) in [5, 5.41) is 12.1. The first kappa shape index (κ1) is 19.4. The summed E-state index contributed by atoms with van der Waals surface area (Å²) >= 11 is 6.13. The molecule has 0 aliphatic heterocycles. The van der Waals surface area contributed by atoms with Crippen molar-refractivity contribution in [3.63, 3.8) is 0 Å². The van der Waals surface area contributed by atoms with Gasteiger partial charge in [-0.1, -0.05) is 29.8 Å². The highest BCUT2D eigenvalue weighted by Crippen LogP contribution is 2.30. The minimum atomic E-state index is -0.610. The number of nitrogens with zero attached hydrogens (tertiary/aromatic N) is 2. The zero-order valence-electron chi connectivity index (χ0n) is 15.0. The fourth-order valence-corrected chi connectivity index (χ4v) is 2.58. The van der Waals surface area contributed by atoms with Crippen molar-refractivity contribution in [3.05, 3.63) is 88.1 Å². The predicted molar refractivity (Wildman–Crippen MR) is 101 cm³/mol. The second-order valence-electron chi connectivity index (χ2n) is 5.68. The van der Waals surface area contributed by atoms with Crippen LogP contribution < -0.4 is 14.2 Å². The second kappa shape index (κ2) is 9.05. The Morgan fingerprint density at radius 1 is 1.14 bits per heavy atom. The maximum Gasteiger partial charge on any atom is 0.339 e. The minimum Gasteiger partial charge on any atom is -0.711 e. The lowest BCUT2D eigenvalue weighted by Crippen LogP contribution is -2.33. The molecule has 0 unspecified atom stereocenters. The maximum atomic E-state index is 12.3. The molecule has 1 heterocycles. The zero-order chi connectivity index (χ0) is 19.9. The normalized spacial score (nSPS) is 10.4. The van der Waals surface area contributed by atoms with Crippen molar-refractivity contribution in [1.29, 1.82) is 0 Å². The van der Waals surface area contributed by atoms with Crippen molar-refractivity contribution in [1.82, 2.24) is 4.98 Å². The lowest BCUT2D eigenvalue weighted by molar-refractivity contribution is -0.620. The van der Waals surface area contributed by atoms with Crippen LogP contribution in [0.25, 0.3) is 0 Å². The van der Waals surface area contributed by atoms with Gasteiger partial charge in [0.1, 0.15) is 12.8 Å². The predicted octanol–water partition coefficient (Wildman–Crippen LogP) is 3.31. The van der Waals surface area contributed by atoms with Crippen molar-refractivity contribution < 1.29 is 23.7 Å². The number of hydrogen-bond acceptors (Lipinski definition) is 6. The first-order valence-electron chi connectivity index (χ1n) is 8.33. The molecule has 0 radical (unpaired) electrons. The Morgan fingerprint density at radius 2 is 1.96 bits per heavy atom. The highest BCUT2D eigenvalue weighted by molar-refractivity contribution is 6.31. The van der Waals surface area contributed by atoms with E-state index in [4.69, 9.17) is 25.8 Å². The third kappa shape index (κ3) is 4.69. The fourth-order valence-electron chi connectivity index (χ4n) is 2.39. The first-order chi connectivity index (χ1) is 13.6. The molecule has 0 atom stereocenters. The van der Waals surface area contributed by atoms with Gasteiger partial charge in [0.15, 0.2) is 18.1 Å². The molecule has 0 saturated heterocycles. The molecule has 0 N–H and O–H groups in total. The van der Waals surface area contributed by atoms with Crippen LogP contribution in [0, 0.1) is 5.21 Å². The Hall–Kier alpha value is -3.32. The Kier molecular flexibility index (Phi) is 6.29. The van der Waals surface area contributed by atoms with E-state index in [0.717, 1.165) is 5.56 Å². The molecule has 1 aromatic heterocycles. The summed E-state index contributed by atoms with van der Waals surface area (Å²) in [6.07, 6.45) is 2.73. The molecule has 0 amide bonds. The highest BCUT2D eigenvalue weighted by atomic mass is 35.5. The van der Waals surface area contributed by atoms with E-state index in [0.29, 0.717) is 21.3 Å². The van der Waals surface area contributed by atoms with Gasteiger partial charge in [0.05, 0.1) is 18.9 Å². The Balaban J connectivity index is 1.67. The summed E-state index contributed by atoms with van der Waals surface area (Å²) in [5.41, 5.74) is 1.09. The lowest BCUT2D eigenvalue weighted by atomic mass is 10.2. The van der Waals surface area contributed by atoms with Crippen molar-refractivity contribution in [3.8, 4) is 11.5 Å². The largest absolute Gasteiger partial charge is 0.711 e. The summed E-state index contributed by atoms with van der Waals surface area (Å²) in [7, 11) is 1.47. The van der Waals surface area contributed by atoms with E-state index in [9.17, 15) is 10.0 Å². The lowest BCUT2D eigenvalue weighted by Gasteiger charge is -2.13. The van der Waals surface area contributed by atoms with Gasteiger partial charge in [-0.2, -0.15) is 0 Å². The molecule has 3 aromatic rings. The number of benzene rings is 2. The van der Waals surface area contributed by atoms with Gasteiger partial charge in [-0.3, -0.25) is 0 Å². The van der Waals surface area contributed by atoms with E-state index in [1.807, 2.05) is 18.2 Å². The van der Waals surface area contributed by atoms with Crippen LogP contribution in [0.1, 0.15) is 21.7 Å². The molecule has 0 bridgehead atoms. The minimum absolute atomic E-state index is 0.0857. The van der Waals surface area contributed by atoms with Crippen molar-refractivity contribution in [2.75, 3.05) is 7.11 Å². The number of ether oxygens (including phenoxy) is 3. The van der Waals surface area contributed by atoms with Gasteiger partial charge in [0, 0.05) is 16.7 Å². The van der Waals surface area contributed by atoms with E-state index < -0.39 is 5.97 Å². The second-order valence-corrected chi connectivity index (χ2v) is 6.09. The molecular formula is C20H17ClN2O5. The van der Waals surface area contributed by atoms with Crippen molar-refractivity contribution in [2.24, 2.45) is 0 Å². The topological polar surface area (TPSA) is 84.6 Å². The van der Waals surface area contributed by atoms with Crippen molar-refractivity contribution in [2.45, 2.75) is 13.2 Å². The van der Waals surface area contributed by atoms with Gasteiger partial charge < -0.3 is 19.4 Å². The van der Waals surface area contributed by atoms with Crippen LogP contribution in [0.15, 0.2) is 60.9 Å². The number of carbonyl (C=O) groups excluding carboxylic acids is 1. The molecule has 0 aliphatic rings. The fraction of sp³-hybridized carbons (Fsp3) is 0.150. The summed E-state index contributed by atoms with van der Waals surface area (Å²) in [6, 6.07) is 13.5. The van der Waals surface area contributed by atoms with E-state index in [1.54, 1.807) is 18.2 Å². The van der Waals surface area contributed by atoms with Gasteiger partial charge in [-0.25, -0.2) is 9.52 Å². The quantitative estimate of drug-likeness (QED) is 0.343. The first-order valence-corrected chi connectivity index (χ1v) is 8.70. The number of halogens is 1. The average molecular weight is 401 g/mol. The maximum absolute atomic E-state index is 12.3.